The van der Waals surface area contributed by atoms with Crippen molar-refractivity contribution in [3.05, 3.63) is 0 Å². The van der Waals surface area contributed by atoms with Gasteiger partial charge >= 0.3 is 0 Å². The van der Waals surface area contributed by atoms with E-state index >= 15 is 0 Å². The molecule has 0 bridgehead atoms. The van der Waals surface area contributed by atoms with Crippen LogP contribution in [0.3, 0.4) is 0 Å². The van der Waals surface area contributed by atoms with Crippen LogP contribution in [0.4, 0.5) is 0 Å². The van der Waals surface area contributed by atoms with Gasteiger partial charge in [-0.3, -0.25) is 0 Å². The molecule has 0 radical (unpaired) electrons. The van der Waals surface area contributed by atoms with Crippen molar-refractivity contribution >= 4 is 10.0 Å². The molecule has 1 N–H and O–H groups in total. The van der Waals surface area contributed by atoms with Crippen molar-refractivity contribution in [3.8, 4) is 0 Å². The van der Waals surface area contributed by atoms with Crippen LogP contribution in [-0.4, -0.2) is 58.4 Å². The van der Waals surface area contributed by atoms with E-state index in [0.29, 0.717) is 19.7 Å². The Balaban J connectivity index is 2.42. The van der Waals surface area contributed by atoms with Crippen molar-refractivity contribution in [2.24, 2.45) is 0 Å². The standard InChI is InChI=1S/C10H22N2O3S/c1-11-6-7-12(2)16(13,14)9-10-5-3-4-8-15-10/h10-11H,3-9H2,1-2H3. The van der Waals surface area contributed by atoms with Crippen LogP contribution in [0.5, 0.6) is 0 Å². The highest BCUT2D eigenvalue weighted by molar-refractivity contribution is 7.89. The Morgan fingerprint density at radius 1 is 1.44 bits per heavy atom. The fourth-order valence-electron chi connectivity index (χ4n) is 1.71. The van der Waals surface area contributed by atoms with E-state index < -0.39 is 10.0 Å². The molecular weight excluding hydrogens is 228 g/mol. The molecule has 0 aromatic rings. The van der Waals surface area contributed by atoms with E-state index in [1.165, 1.54) is 4.31 Å². The Hall–Kier alpha value is -0.170. The molecule has 1 unspecified atom stereocenters. The molecule has 1 saturated heterocycles. The number of sulfonamides is 1. The minimum absolute atomic E-state index is 0.115. The van der Waals surface area contributed by atoms with E-state index in [-0.39, 0.29) is 11.9 Å². The van der Waals surface area contributed by atoms with Gasteiger partial charge in [0.2, 0.25) is 10.0 Å². The third kappa shape index (κ3) is 4.37. The molecule has 5 nitrogen and oxygen atoms in total. The summed E-state index contributed by atoms with van der Waals surface area (Å²) < 4.78 is 30.7. The summed E-state index contributed by atoms with van der Waals surface area (Å²) in [6, 6.07) is 0. The largest absolute Gasteiger partial charge is 0.377 e. The molecule has 1 heterocycles. The SMILES string of the molecule is CNCCN(C)S(=O)(=O)CC1CCCCO1. The van der Waals surface area contributed by atoms with Gasteiger partial charge in [0.25, 0.3) is 0 Å². The second-order valence-corrected chi connectivity index (χ2v) is 6.31. The van der Waals surface area contributed by atoms with Gasteiger partial charge in [0, 0.05) is 26.7 Å². The number of nitrogens with zero attached hydrogens (tertiary/aromatic N) is 1. The molecule has 1 fully saturated rings. The highest BCUT2D eigenvalue weighted by Gasteiger charge is 2.25. The number of hydrogen-bond donors (Lipinski definition) is 1. The van der Waals surface area contributed by atoms with E-state index in [1.807, 2.05) is 7.05 Å². The topological polar surface area (TPSA) is 58.6 Å². The Kier molecular flexibility index (Phi) is 5.68. The van der Waals surface area contributed by atoms with Gasteiger partial charge in [0.15, 0.2) is 0 Å². The fraction of sp³-hybridized carbons (Fsp3) is 1.00. The van der Waals surface area contributed by atoms with E-state index in [4.69, 9.17) is 4.74 Å². The van der Waals surface area contributed by atoms with E-state index in [9.17, 15) is 8.42 Å². The van der Waals surface area contributed by atoms with Gasteiger partial charge in [-0.25, -0.2) is 12.7 Å². The molecule has 0 amide bonds. The van der Waals surface area contributed by atoms with Crippen molar-refractivity contribution < 1.29 is 13.2 Å². The summed E-state index contributed by atoms with van der Waals surface area (Å²) in [5.74, 6) is 0.118. The van der Waals surface area contributed by atoms with Crippen molar-refractivity contribution in [2.75, 3.05) is 39.5 Å². The lowest BCUT2D eigenvalue weighted by Crippen LogP contribution is -2.39. The molecule has 0 aromatic heterocycles. The third-order valence-corrected chi connectivity index (χ3v) is 4.75. The smallest absolute Gasteiger partial charge is 0.216 e. The predicted molar refractivity (Wildman–Crippen MR) is 63.9 cm³/mol. The van der Waals surface area contributed by atoms with Gasteiger partial charge in [0.1, 0.15) is 0 Å². The van der Waals surface area contributed by atoms with Crippen molar-refractivity contribution in [1.82, 2.24) is 9.62 Å². The second-order valence-electron chi connectivity index (χ2n) is 4.19. The summed E-state index contributed by atoms with van der Waals surface area (Å²) in [5.41, 5.74) is 0. The highest BCUT2D eigenvalue weighted by Crippen LogP contribution is 2.15. The van der Waals surface area contributed by atoms with E-state index in [2.05, 4.69) is 5.32 Å². The predicted octanol–water partition coefficient (Wildman–Crippen LogP) is 0.0365. The zero-order chi connectivity index (χ0) is 12.0. The first kappa shape index (κ1) is 13.9. The van der Waals surface area contributed by atoms with Crippen LogP contribution in [0.2, 0.25) is 0 Å². The quantitative estimate of drug-likeness (QED) is 0.723. The molecule has 0 spiro atoms. The average Bonchev–Trinajstić information content (AvgIpc) is 2.26. The molecular formula is C10H22N2O3S. The van der Waals surface area contributed by atoms with Gasteiger partial charge in [-0.2, -0.15) is 0 Å². The van der Waals surface area contributed by atoms with E-state index in [0.717, 1.165) is 19.3 Å². The van der Waals surface area contributed by atoms with Crippen LogP contribution in [-0.2, 0) is 14.8 Å². The number of ether oxygens (including phenoxy) is 1. The molecule has 1 aliphatic rings. The molecule has 96 valence electrons. The second kappa shape index (κ2) is 6.54. The number of rotatable bonds is 6. The summed E-state index contributed by atoms with van der Waals surface area (Å²) in [4.78, 5) is 0. The summed E-state index contributed by atoms with van der Waals surface area (Å²) in [6.07, 6.45) is 2.86. The monoisotopic (exact) mass is 250 g/mol. The summed E-state index contributed by atoms with van der Waals surface area (Å²) in [6.45, 7) is 1.87. The molecule has 0 aliphatic carbocycles. The van der Waals surface area contributed by atoms with Crippen LogP contribution < -0.4 is 5.32 Å². The van der Waals surface area contributed by atoms with Crippen LogP contribution in [0.25, 0.3) is 0 Å². The van der Waals surface area contributed by atoms with E-state index in [1.54, 1.807) is 7.05 Å². The summed E-state index contributed by atoms with van der Waals surface area (Å²) in [7, 11) is 0.267. The zero-order valence-electron chi connectivity index (χ0n) is 10.1. The normalized spacial score (nSPS) is 22.6. The number of hydrogen-bond acceptors (Lipinski definition) is 4. The first-order valence-corrected chi connectivity index (χ1v) is 7.37. The van der Waals surface area contributed by atoms with Gasteiger partial charge < -0.3 is 10.1 Å². The Morgan fingerprint density at radius 3 is 2.75 bits per heavy atom. The number of likely N-dealkylation sites (N-methyl/N-ethyl adjacent to an activating group) is 2. The van der Waals surface area contributed by atoms with Gasteiger partial charge in [-0.05, 0) is 26.3 Å². The highest BCUT2D eigenvalue weighted by atomic mass is 32.2. The maximum absolute atomic E-state index is 11.9. The first-order valence-electron chi connectivity index (χ1n) is 5.76. The third-order valence-electron chi connectivity index (χ3n) is 2.82. The summed E-state index contributed by atoms with van der Waals surface area (Å²) in [5, 5.41) is 2.94. The van der Waals surface area contributed by atoms with Gasteiger partial charge in [0.05, 0.1) is 11.9 Å². The summed E-state index contributed by atoms with van der Waals surface area (Å²) >= 11 is 0. The molecule has 1 rings (SSSR count). The van der Waals surface area contributed by atoms with Crippen LogP contribution in [0.1, 0.15) is 19.3 Å². The lowest BCUT2D eigenvalue weighted by atomic mass is 10.1. The molecule has 0 saturated carbocycles. The van der Waals surface area contributed by atoms with Crippen molar-refractivity contribution in [1.29, 1.82) is 0 Å². The molecule has 6 heteroatoms. The van der Waals surface area contributed by atoms with Crippen molar-refractivity contribution in [3.63, 3.8) is 0 Å². The minimum atomic E-state index is -3.16. The van der Waals surface area contributed by atoms with Crippen LogP contribution in [0.15, 0.2) is 0 Å². The molecule has 1 atom stereocenters. The molecule has 0 aromatic carbocycles. The Labute approximate surface area is 98.2 Å². The lowest BCUT2D eigenvalue weighted by Gasteiger charge is -2.25. The Morgan fingerprint density at radius 2 is 2.19 bits per heavy atom. The maximum Gasteiger partial charge on any atom is 0.216 e. The fourth-order valence-corrected chi connectivity index (χ4v) is 3.07. The van der Waals surface area contributed by atoms with Gasteiger partial charge in [-0.15, -0.1) is 0 Å². The zero-order valence-corrected chi connectivity index (χ0v) is 10.9. The number of nitrogens with one attached hydrogen (secondary N) is 1. The minimum Gasteiger partial charge on any atom is -0.377 e. The average molecular weight is 250 g/mol. The molecule has 1 aliphatic heterocycles. The Bertz CT molecular complexity index is 286. The lowest BCUT2D eigenvalue weighted by molar-refractivity contribution is 0.0300. The first-order chi connectivity index (χ1) is 7.56. The maximum atomic E-state index is 11.9. The van der Waals surface area contributed by atoms with Crippen LogP contribution in [0, 0.1) is 0 Å². The van der Waals surface area contributed by atoms with Crippen LogP contribution >= 0.6 is 0 Å². The van der Waals surface area contributed by atoms with Crippen molar-refractivity contribution in [2.45, 2.75) is 25.4 Å². The molecule has 16 heavy (non-hydrogen) atoms. The van der Waals surface area contributed by atoms with Gasteiger partial charge in [-0.1, -0.05) is 0 Å².